The highest BCUT2D eigenvalue weighted by atomic mass is 35.5. The molecule has 3 aromatic rings. The van der Waals surface area contributed by atoms with Crippen LogP contribution in [0.25, 0.3) is 5.83 Å². The topological polar surface area (TPSA) is 58.1 Å². The molecular weight excluding hydrogens is 612 g/mol. The average Bonchev–Trinajstić information content (AvgIpc) is 2.88. The molecule has 40 heavy (non-hydrogen) atoms. The molecule has 0 aliphatic carbocycles. The number of rotatable bonds is 8. The second-order valence-electron chi connectivity index (χ2n) is 7.98. The number of hydrogen-bond acceptors (Lipinski definition) is 4. The van der Waals surface area contributed by atoms with Gasteiger partial charge in [-0.25, -0.2) is 19.4 Å². The predicted octanol–water partition coefficient (Wildman–Crippen LogP) is 8.45. The summed E-state index contributed by atoms with van der Waals surface area (Å²) in [5, 5.41) is 0.105. The number of hydrogen-bond donors (Lipinski definition) is 1. The van der Waals surface area contributed by atoms with Crippen molar-refractivity contribution in [2.24, 2.45) is 0 Å². The van der Waals surface area contributed by atoms with Crippen LogP contribution in [0.2, 0.25) is 15.1 Å². The van der Waals surface area contributed by atoms with E-state index in [0.29, 0.717) is 6.07 Å². The zero-order valence-electron chi connectivity index (χ0n) is 19.8. The fourth-order valence-electron chi connectivity index (χ4n) is 3.42. The minimum atomic E-state index is -5.18. The van der Waals surface area contributed by atoms with E-state index >= 15 is 4.39 Å². The van der Waals surface area contributed by atoms with E-state index in [4.69, 9.17) is 34.8 Å². The molecule has 5 nitrogen and oxygen atoms in total. The smallest absolute Gasteiger partial charge is 0.267 e. The third-order valence-corrected chi connectivity index (χ3v) is 6.41. The molecule has 0 aliphatic heterocycles. The van der Waals surface area contributed by atoms with Crippen LogP contribution in [0.1, 0.15) is 33.0 Å². The van der Waals surface area contributed by atoms with Gasteiger partial charge in [-0.1, -0.05) is 46.9 Å². The van der Waals surface area contributed by atoms with Crippen LogP contribution in [0.15, 0.2) is 67.5 Å². The van der Waals surface area contributed by atoms with Gasteiger partial charge in [0.1, 0.15) is 11.7 Å². The van der Waals surface area contributed by atoms with Gasteiger partial charge in [0, 0.05) is 18.0 Å². The molecular formula is C25H16Cl3F7N4O. The summed E-state index contributed by atoms with van der Waals surface area (Å²) in [7, 11) is 0. The Morgan fingerprint density at radius 3 is 2.15 bits per heavy atom. The molecule has 0 aliphatic rings. The van der Waals surface area contributed by atoms with Crippen LogP contribution >= 0.6 is 34.8 Å². The van der Waals surface area contributed by atoms with Crippen molar-refractivity contribution in [2.75, 3.05) is 11.6 Å². The molecule has 212 valence electrons. The number of halogens is 10. The summed E-state index contributed by atoms with van der Waals surface area (Å²) in [5.41, 5.74) is -1.78. The average molecular weight is 628 g/mol. The molecule has 0 radical (unpaired) electrons. The van der Waals surface area contributed by atoms with Crippen molar-refractivity contribution in [3.63, 3.8) is 0 Å². The fraction of sp³-hybridized carbons (Fsp3) is 0.160. The van der Waals surface area contributed by atoms with E-state index in [9.17, 15) is 31.1 Å². The molecule has 1 amide bonds. The van der Waals surface area contributed by atoms with Crippen LogP contribution in [0.4, 0.5) is 36.7 Å². The van der Waals surface area contributed by atoms with Gasteiger partial charge in [-0.15, -0.1) is 6.58 Å². The Morgan fingerprint density at radius 1 is 1.02 bits per heavy atom. The van der Waals surface area contributed by atoms with Gasteiger partial charge in [0.25, 0.3) is 5.91 Å². The van der Waals surface area contributed by atoms with Gasteiger partial charge >= 0.3 is 12.4 Å². The van der Waals surface area contributed by atoms with Gasteiger partial charge in [-0.2, -0.15) is 26.3 Å². The molecule has 1 N–H and O–H groups in total. The van der Waals surface area contributed by atoms with Crippen LogP contribution in [0.5, 0.6) is 0 Å². The highest BCUT2D eigenvalue weighted by Gasteiger charge is 2.41. The molecule has 0 bridgehead atoms. The van der Waals surface area contributed by atoms with Crippen molar-refractivity contribution < 1.29 is 35.5 Å². The maximum Gasteiger partial charge on any atom is 0.417 e. The number of anilines is 1. The van der Waals surface area contributed by atoms with Crippen LogP contribution in [-0.2, 0) is 6.18 Å². The number of nitrogens with zero attached hydrogens (tertiary/aromatic N) is 3. The maximum absolute atomic E-state index is 15.1. The van der Waals surface area contributed by atoms with Gasteiger partial charge in [0.2, 0.25) is 5.95 Å². The summed E-state index contributed by atoms with van der Waals surface area (Å²) in [6.45, 7) is 3.40. The summed E-state index contributed by atoms with van der Waals surface area (Å²) in [5.74, 6) is -5.62. The Hall–Kier alpha value is -3.35. The molecule has 3 rings (SSSR count). The van der Waals surface area contributed by atoms with Crippen molar-refractivity contribution in [3.8, 4) is 0 Å². The van der Waals surface area contributed by atoms with Crippen molar-refractivity contribution in [1.29, 1.82) is 0 Å². The Morgan fingerprint density at radius 2 is 1.62 bits per heavy atom. The molecule has 1 unspecified atom stereocenters. The lowest BCUT2D eigenvalue weighted by molar-refractivity contribution is -0.140. The maximum atomic E-state index is 15.1. The van der Waals surface area contributed by atoms with E-state index in [2.05, 4.69) is 22.0 Å². The van der Waals surface area contributed by atoms with E-state index in [1.165, 1.54) is 24.5 Å². The van der Waals surface area contributed by atoms with E-state index in [1.807, 2.05) is 0 Å². The largest absolute Gasteiger partial charge is 0.417 e. The van der Waals surface area contributed by atoms with Gasteiger partial charge in [-0.05, 0) is 42.0 Å². The van der Waals surface area contributed by atoms with Gasteiger partial charge in [0.15, 0.2) is 0 Å². The molecule has 0 saturated carbocycles. The zero-order valence-corrected chi connectivity index (χ0v) is 22.1. The second-order valence-corrected chi connectivity index (χ2v) is 9.17. The minimum absolute atomic E-state index is 0.0597. The number of alkyl halides is 6. The second kappa shape index (κ2) is 12.4. The Labute approximate surface area is 237 Å². The quantitative estimate of drug-likeness (QED) is 0.118. The van der Waals surface area contributed by atoms with Crippen LogP contribution in [0.3, 0.4) is 0 Å². The van der Waals surface area contributed by atoms with E-state index in [-0.39, 0.29) is 39.7 Å². The van der Waals surface area contributed by atoms with Crippen LogP contribution in [0, 0.1) is 0 Å². The third kappa shape index (κ3) is 7.43. The summed E-state index contributed by atoms with van der Waals surface area (Å²) < 4.78 is 98.3. The van der Waals surface area contributed by atoms with Crippen molar-refractivity contribution in [3.05, 3.63) is 105 Å². The number of carbonyl (C=O) groups excluding carboxylic acids is 1. The third-order valence-electron chi connectivity index (χ3n) is 5.22. The Kier molecular flexibility index (Phi) is 9.70. The summed E-state index contributed by atoms with van der Waals surface area (Å²) in [4.78, 5) is 20.6. The first-order valence-electron chi connectivity index (χ1n) is 10.9. The van der Waals surface area contributed by atoms with Crippen LogP contribution in [-0.4, -0.2) is 28.6 Å². The first-order chi connectivity index (χ1) is 18.6. The summed E-state index contributed by atoms with van der Waals surface area (Å²) in [6, 6.07) is 4.71. The fourth-order valence-corrected chi connectivity index (χ4v) is 4.04. The highest BCUT2D eigenvalue weighted by molar-refractivity contribution is 6.48. The summed E-state index contributed by atoms with van der Waals surface area (Å²) >= 11 is 17.4. The lowest BCUT2D eigenvalue weighted by Crippen LogP contribution is -2.44. The lowest BCUT2D eigenvalue weighted by Gasteiger charge is -2.23. The number of nitrogens with one attached hydrogen (secondary N) is 1. The van der Waals surface area contributed by atoms with Crippen LogP contribution < -0.4 is 10.4 Å². The highest BCUT2D eigenvalue weighted by Crippen LogP contribution is 2.42. The van der Waals surface area contributed by atoms with E-state index in [0.717, 1.165) is 23.2 Å². The SMILES string of the molecule is C=CCN(NC(=O)c1ccc(/C(F)=C/C(c2cc(Cl)c(Cl)c(Cl)c2)C(F)(F)F)cc1C(F)(F)F)c1ncccn1. The van der Waals surface area contributed by atoms with Gasteiger partial charge in [0.05, 0.1) is 32.7 Å². The monoisotopic (exact) mass is 626 g/mol. The molecule has 0 spiro atoms. The first-order valence-corrected chi connectivity index (χ1v) is 12.0. The van der Waals surface area contributed by atoms with Crippen molar-refractivity contribution in [1.82, 2.24) is 15.4 Å². The Bertz CT molecular complexity index is 1410. The number of carbonyl (C=O) groups is 1. The van der Waals surface area contributed by atoms with Crippen molar-refractivity contribution >= 4 is 52.5 Å². The minimum Gasteiger partial charge on any atom is -0.267 e. The number of amides is 1. The first kappa shape index (κ1) is 31.2. The number of aromatic nitrogens is 2. The van der Waals surface area contributed by atoms with E-state index in [1.54, 1.807) is 0 Å². The van der Waals surface area contributed by atoms with Gasteiger partial charge < -0.3 is 0 Å². The predicted molar refractivity (Wildman–Crippen MR) is 138 cm³/mol. The molecule has 0 saturated heterocycles. The zero-order chi connectivity index (χ0) is 29.8. The molecule has 2 aromatic carbocycles. The Balaban J connectivity index is 2.03. The molecule has 1 atom stereocenters. The van der Waals surface area contributed by atoms with E-state index < -0.39 is 52.3 Å². The normalized spacial score (nSPS) is 13.1. The molecule has 1 heterocycles. The lowest BCUT2D eigenvalue weighted by atomic mass is 9.95. The molecule has 1 aromatic heterocycles. The number of hydrazine groups is 1. The van der Waals surface area contributed by atoms with Gasteiger partial charge in [-0.3, -0.25) is 10.2 Å². The standard InChI is InChI=1S/C25H16Cl3F7N4O/c1-2-8-39(23-36-6-3-7-37-23)38-22(40)15-5-4-13(9-17(15)25(33,34)35)20(29)12-16(24(30,31)32)14-10-18(26)21(28)19(27)11-14/h2-7,9-12,16H,1,8H2,(H,38,40)/b20-12-. The summed E-state index contributed by atoms with van der Waals surface area (Å²) in [6.07, 6.45) is -6.22. The molecule has 15 heteroatoms. The van der Waals surface area contributed by atoms with Crippen molar-refractivity contribution in [2.45, 2.75) is 18.3 Å². The number of benzene rings is 2. The number of allylic oxidation sites excluding steroid dienone is 1. The molecule has 0 fully saturated rings.